The molecule has 3 N–H and O–H groups in total. The van der Waals surface area contributed by atoms with Crippen LogP contribution < -0.4 is 11.1 Å². The van der Waals surface area contributed by atoms with E-state index in [9.17, 15) is 4.79 Å². The van der Waals surface area contributed by atoms with Crippen molar-refractivity contribution in [3.05, 3.63) is 0 Å². The number of rotatable bonds is 3. The lowest BCUT2D eigenvalue weighted by atomic mass is 10.1. The summed E-state index contributed by atoms with van der Waals surface area (Å²) in [6, 6.07) is 0.117. The normalized spacial score (nSPS) is 17.6. The number of carbonyl (C=O) groups excluding carboxylic acids is 1. The lowest BCUT2D eigenvalue weighted by Gasteiger charge is -2.30. The molecule has 0 radical (unpaired) electrons. The molecule has 1 saturated heterocycles. The van der Waals surface area contributed by atoms with Crippen molar-refractivity contribution in [2.75, 3.05) is 19.6 Å². The van der Waals surface area contributed by atoms with Gasteiger partial charge in [0, 0.05) is 25.7 Å². The molecule has 1 heterocycles. The highest BCUT2D eigenvalue weighted by molar-refractivity contribution is 5.85. The summed E-state index contributed by atoms with van der Waals surface area (Å²) in [6.07, 6.45) is 1.02. The van der Waals surface area contributed by atoms with E-state index in [4.69, 9.17) is 5.73 Å². The molecule has 0 aromatic rings. The highest BCUT2D eigenvalue weighted by Crippen LogP contribution is 2.04. The summed E-state index contributed by atoms with van der Waals surface area (Å²) in [5, 5.41) is 2.81. The Hall–Kier alpha value is -0.190. The van der Waals surface area contributed by atoms with Gasteiger partial charge in [-0.05, 0) is 12.3 Å². The fourth-order valence-electron chi connectivity index (χ4n) is 1.32. The predicted molar refractivity (Wildman–Crippen MR) is 66.9 cm³/mol. The second-order valence-corrected chi connectivity index (χ2v) is 3.94. The smallest absolute Gasteiger partial charge is 0.317 e. The zero-order chi connectivity index (χ0) is 9.84. The zero-order valence-electron chi connectivity index (χ0n) is 9.23. The molecule has 1 rings (SSSR count). The van der Waals surface area contributed by atoms with Crippen LogP contribution in [-0.2, 0) is 0 Å². The van der Waals surface area contributed by atoms with Crippen LogP contribution in [0.2, 0.25) is 0 Å². The summed E-state index contributed by atoms with van der Waals surface area (Å²) in [7, 11) is 0. The molecule has 0 spiro atoms. The van der Waals surface area contributed by atoms with E-state index in [1.54, 1.807) is 4.90 Å². The molecule has 4 nitrogen and oxygen atoms in total. The number of hydrogen-bond donors (Lipinski definition) is 2. The van der Waals surface area contributed by atoms with Gasteiger partial charge in [-0.3, -0.25) is 0 Å². The average molecular weight is 258 g/mol. The summed E-state index contributed by atoms with van der Waals surface area (Å²) < 4.78 is 0. The molecule has 1 aliphatic rings. The molecule has 0 aromatic carbocycles. The molecular weight excluding hydrogens is 237 g/mol. The SMILES string of the molecule is CC(C)C(N)CN1CCCNC1=O.Cl.Cl. The van der Waals surface area contributed by atoms with E-state index in [2.05, 4.69) is 19.2 Å². The van der Waals surface area contributed by atoms with E-state index < -0.39 is 0 Å². The van der Waals surface area contributed by atoms with Crippen LogP contribution in [0, 0.1) is 5.92 Å². The lowest BCUT2D eigenvalue weighted by Crippen LogP contribution is -2.51. The Morgan fingerprint density at radius 3 is 2.53 bits per heavy atom. The van der Waals surface area contributed by atoms with Gasteiger partial charge < -0.3 is 16.0 Å². The van der Waals surface area contributed by atoms with Crippen molar-refractivity contribution >= 4 is 30.8 Å². The minimum Gasteiger partial charge on any atom is -0.338 e. The first-order valence-corrected chi connectivity index (χ1v) is 4.89. The number of hydrogen-bond acceptors (Lipinski definition) is 2. The van der Waals surface area contributed by atoms with Crippen LogP contribution in [-0.4, -0.2) is 36.6 Å². The minimum absolute atomic E-state index is 0. The van der Waals surface area contributed by atoms with Crippen molar-refractivity contribution in [3.63, 3.8) is 0 Å². The molecule has 0 aromatic heterocycles. The lowest BCUT2D eigenvalue weighted by molar-refractivity contribution is 0.178. The quantitative estimate of drug-likeness (QED) is 0.799. The van der Waals surface area contributed by atoms with Crippen LogP contribution in [0.25, 0.3) is 0 Å². The van der Waals surface area contributed by atoms with Crippen molar-refractivity contribution in [2.45, 2.75) is 26.3 Å². The van der Waals surface area contributed by atoms with Gasteiger partial charge >= 0.3 is 6.03 Å². The second-order valence-electron chi connectivity index (χ2n) is 3.94. The largest absolute Gasteiger partial charge is 0.338 e. The fourth-order valence-corrected chi connectivity index (χ4v) is 1.32. The second kappa shape index (κ2) is 8.02. The van der Waals surface area contributed by atoms with Crippen molar-refractivity contribution in [1.29, 1.82) is 0 Å². The number of nitrogens with zero attached hydrogens (tertiary/aromatic N) is 1. The number of carbonyl (C=O) groups is 1. The zero-order valence-corrected chi connectivity index (χ0v) is 10.9. The highest BCUT2D eigenvalue weighted by atomic mass is 35.5. The Morgan fingerprint density at radius 1 is 1.47 bits per heavy atom. The van der Waals surface area contributed by atoms with E-state index in [1.807, 2.05) is 0 Å². The van der Waals surface area contributed by atoms with Crippen molar-refractivity contribution < 1.29 is 4.79 Å². The molecule has 2 amide bonds. The molecule has 0 saturated carbocycles. The number of halogens is 2. The number of amides is 2. The summed E-state index contributed by atoms with van der Waals surface area (Å²) in [6.45, 7) is 6.46. The maximum absolute atomic E-state index is 11.3. The van der Waals surface area contributed by atoms with Crippen LogP contribution >= 0.6 is 24.8 Å². The fraction of sp³-hybridized carbons (Fsp3) is 0.889. The highest BCUT2D eigenvalue weighted by Gasteiger charge is 2.20. The summed E-state index contributed by atoms with van der Waals surface area (Å²) in [5.74, 6) is 0.426. The van der Waals surface area contributed by atoms with E-state index in [0.29, 0.717) is 12.5 Å². The Kier molecular flexibility index (Phi) is 9.20. The van der Waals surface area contributed by atoms with Gasteiger partial charge in [0.25, 0.3) is 0 Å². The van der Waals surface area contributed by atoms with Gasteiger partial charge in [-0.1, -0.05) is 13.8 Å². The topological polar surface area (TPSA) is 58.4 Å². The summed E-state index contributed by atoms with van der Waals surface area (Å²) >= 11 is 0. The van der Waals surface area contributed by atoms with Gasteiger partial charge in [-0.25, -0.2) is 4.79 Å². The molecule has 6 heteroatoms. The Labute approximate surface area is 104 Å². The summed E-state index contributed by atoms with van der Waals surface area (Å²) in [5.41, 5.74) is 5.89. The van der Waals surface area contributed by atoms with Crippen molar-refractivity contribution in [3.8, 4) is 0 Å². The maximum Gasteiger partial charge on any atom is 0.317 e. The molecule has 1 fully saturated rings. The monoisotopic (exact) mass is 257 g/mol. The van der Waals surface area contributed by atoms with Gasteiger partial charge in [0.1, 0.15) is 0 Å². The van der Waals surface area contributed by atoms with Crippen LogP contribution in [0.3, 0.4) is 0 Å². The first kappa shape index (κ1) is 17.2. The van der Waals surface area contributed by atoms with Gasteiger partial charge in [-0.2, -0.15) is 0 Å². The Bertz CT molecular complexity index is 190. The Morgan fingerprint density at radius 2 is 2.07 bits per heavy atom. The molecule has 92 valence electrons. The maximum atomic E-state index is 11.3. The number of nitrogens with one attached hydrogen (secondary N) is 1. The first-order valence-electron chi connectivity index (χ1n) is 4.89. The van der Waals surface area contributed by atoms with Crippen molar-refractivity contribution in [1.82, 2.24) is 10.2 Å². The molecule has 0 bridgehead atoms. The molecule has 1 unspecified atom stereocenters. The van der Waals surface area contributed by atoms with Crippen LogP contribution in [0.5, 0.6) is 0 Å². The van der Waals surface area contributed by atoms with E-state index >= 15 is 0 Å². The van der Waals surface area contributed by atoms with E-state index in [0.717, 1.165) is 19.5 Å². The van der Waals surface area contributed by atoms with Gasteiger partial charge in [0.15, 0.2) is 0 Å². The summed E-state index contributed by atoms with van der Waals surface area (Å²) in [4.78, 5) is 13.1. The predicted octanol–water partition coefficient (Wildman–Crippen LogP) is 1.23. The third-order valence-corrected chi connectivity index (χ3v) is 2.46. The molecule has 1 atom stereocenters. The molecular formula is C9H21Cl2N3O. The van der Waals surface area contributed by atoms with Crippen LogP contribution in [0.4, 0.5) is 4.79 Å². The van der Waals surface area contributed by atoms with Gasteiger partial charge in [-0.15, -0.1) is 24.8 Å². The third kappa shape index (κ3) is 5.44. The standard InChI is InChI=1S/C9H19N3O.2ClH/c1-7(2)8(10)6-12-5-3-4-11-9(12)13;;/h7-8H,3-6,10H2,1-2H3,(H,11,13);2*1H. The molecule has 1 aliphatic heterocycles. The van der Waals surface area contributed by atoms with Gasteiger partial charge in [0.05, 0.1) is 0 Å². The Balaban J connectivity index is 0. The third-order valence-electron chi connectivity index (χ3n) is 2.46. The molecule has 0 aliphatic carbocycles. The number of nitrogens with two attached hydrogens (primary N) is 1. The van der Waals surface area contributed by atoms with Crippen LogP contribution in [0.1, 0.15) is 20.3 Å². The minimum atomic E-state index is 0. The van der Waals surface area contributed by atoms with E-state index in [1.165, 1.54) is 0 Å². The first-order chi connectivity index (χ1) is 6.11. The number of urea groups is 1. The van der Waals surface area contributed by atoms with Crippen LogP contribution in [0.15, 0.2) is 0 Å². The van der Waals surface area contributed by atoms with Gasteiger partial charge in [0.2, 0.25) is 0 Å². The van der Waals surface area contributed by atoms with Crippen molar-refractivity contribution in [2.24, 2.45) is 11.7 Å². The average Bonchev–Trinajstić information content (AvgIpc) is 2.08. The van der Waals surface area contributed by atoms with E-state index in [-0.39, 0.29) is 36.9 Å². The molecule has 15 heavy (non-hydrogen) atoms.